The van der Waals surface area contributed by atoms with Crippen LogP contribution >= 0.6 is 0 Å². The molecule has 0 amide bonds. The van der Waals surface area contributed by atoms with Gasteiger partial charge in [0, 0.05) is 0 Å². The minimum Gasteiger partial charge on any atom is -0.469 e. The molecule has 3 nitrogen and oxygen atoms in total. The number of methoxy groups -OCH3 is 1. The second-order valence-electron chi connectivity index (χ2n) is 3.27. The van der Waals surface area contributed by atoms with Gasteiger partial charge in [-0.1, -0.05) is 0 Å². The second kappa shape index (κ2) is 3.76. The molecule has 0 saturated carbocycles. The summed E-state index contributed by atoms with van der Waals surface area (Å²) in [5.74, 6) is -2.09. The van der Waals surface area contributed by atoms with Gasteiger partial charge in [0.1, 0.15) is 0 Å². The van der Waals surface area contributed by atoms with E-state index in [2.05, 4.69) is 9.47 Å². The van der Waals surface area contributed by atoms with Crippen molar-refractivity contribution in [2.45, 2.75) is 31.7 Å². The van der Waals surface area contributed by atoms with Crippen molar-refractivity contribution in [2.24, 2.45) is 5.92 Å². The van der Waals surface area contributed by atoms with Crippen LogP contribution in [0.25, 0.3) is 0 Å². The first-order chi connectivity index (χ1) is 6.36. The lowest BCUT2D eigenvalue weighted by Gasteiger charge is -2.19. The van der Waals surface area contributed by atoms with Gasteiger partial charge in [-0.3, -0.25) is 4.79 Å². The molecule has 1 aliphatic rings. The Morgan fingerprint density at radius 3 is 2.50 bits per heavy atom. The van der Waals surface area contributed by atoms with E-state index in [4.69, 9.17) is 0 Å². The standard InChI is InChI=1S/C8H11F3O3/c1-4-3-5(7(12)13-2)6(14-4)8(9,10)11/h4-6H,3H2,1-2H3/t4-,5+,6+/m1/s1. The lowest BCUT2D eigenvalue weighted by Crippen LogP contribution is -2.38. The highest BCUT2D eigenvalue weighted by molar-refractivity contribution is 5.73. The zero-order chi connectivity index (χ0) is 10.9. The fraction of sp³-hybridized carbons (Fsp3) is 0.875. The molecule has 0 aromatic rings. The van der Waals surface area contributed by atoms with Crippen LogP contribution < -0.4 is 0 Å². The first-order valence-corrected chi connectivity index (χ1v) is 4.16. The highest BCUT2D eigenvalue weighted by Crippen LogP contribution is 2.37. The van der Waals surface area contributed by atoms with Crippen molar-refractivity contribution < 1.29 is 27.4 Å². The Morgan fingerprint density at radius 1 is 1.50 bits per heavy atom. The molecule has 1 rings (SSSR count). The third kappa shape index (κ3) is 2.17. The van der Waals surface area contributed by atoms with E-state index in [9.17, 15) is 18.0 Å². The lowest BCUT2D eigenvalue weighted by molar-refractivity contribution is -0.225. The SMILES string of the molecule is COC(=O)[C@H]1C[C@@H](C)O[C@@H]1C(F)(F)F. The molecule has 1 heterocycles. The van der Waals surface area contributed by atoms with Gasteiger partial charge in [-0.15, -0.1) is 0 Å². The van der Waals surface area contributed by atoms with Crippen LogP contribution in [0.15, 0.2) is 0 Å². The smallest absolute Gasteiger partial charge is 0.415 e. The van der Waals surface area contributed by atoms with E-state index in [1.807, 2.05) is 0 Å². The number of ether oxygens (including phenoxy) is 2. The third-order valence-corrected chi connectivity index (χ3v) is 2.16. The van der Waals surface area contributed by atoms with Crippen LogP contribution in [0.1, 0.15) is 13.3 Å². The number of esters is 1. The monoisotopic (exact) mass is 212 g/mol. The Hall–Kier alpha value is -0.780. The van der Waals surface area contributed by atoms with Gasteiger partial charge in [-0.25, -0.2) is 0 Å². The topological polar surface area (TPSA) is 35.5 Å². The molecular formula is C8H11F3O3. The molecule has 0 radical (unpaired) electrons. The van der Waals surface area contributed by atoms with Gasteiger partial charge >= 0.3 is 12.1 Å². The Balaban J connectivity index is 2.78. The average molecular weight is 212 g/mol. The normalized spacial score (nSPS) is 33.1. The summed E-state index contributed by atoms with van der Waals surface area (Å²) in [5, 5.41) is 0. The van der Waals surface area contributed by atoms with Crippen molar-refractivity contribution in [1.82, 2.24) is 0 Å². The van der Waals surface area contributed by atoms with Gasteiger partial charge < -0.3 is 9.47 Å². The molecule has 0 spiro atoms. The van der Waals surface area contributed by atoms with Crippen molar-refractivity contribution in [3.8, 4) is 0 Å². The van der Waals surface area contributed by atoms with Crippen LogP contribution in [0, 0.1) is 5.92 Å². The highest BCUT2D eigenvalue weighted by atomic mass is 19.4. The number of hydrogen-bond acceptors (Lipinski definition) is 3. The number of rotatable bonds is 1. The molecule has 14 heavy (non-hydrogen) atoms. The van der Waals surface area contributed by atoms with E-state index in [-0.39, 0.29) is 6.42 Å². The predicted molar refractivity (Wildman–Crippen MR) is 40.5 cm³/mol. The van der Waals surface area contributed by atoms with E-state index in [1.165, 1.54) is 6.92 Å². The Labute approximate surface area is 79.2 Å². The molecule has 1 saturated heterocycles. The quantitative estimate of drug-likeness (QED) is 0.618. The number of alkyl halides is 3. The summed E-state index contributed by atoms with van der Waals surface area (Å²) in [7, 11) is 1.07. The van der Waals surface area contributed by atoms with Crippen LogP contribution in [0.4, 0.5) is 13.2 Å². The maximum absolute atomic E-state index is 12.3. The molecule has 6 heteroatoms. The summed E-state index contributed by atoms with van der Waals surface area (Å²) < 4.78 is 46.0. The highest BCUT2D eigenvalue weighted by Gasteiger charge is 2.53. The summed E-state index contributed by atoms with van der Waals surface area (Å²) in [6.07, 6.45) is -7.05. The summed E-state index contributed by atoms with van der Waals surface area (Å²) in [4.78, 5) is 11.0. The Bertz CT molecular complexity index is 226. The predicted octanol–water partition coefficient (Wildman–Crippen LogP) is 1.52. The minimum absolute atomic E-state index is 0.0524. The lowest BCUT2D eigenvalue weighted by atomic mass is 9.99. The maximum atomic E-state index is 12.3. The number of carbonyl (C=O) groups is 1. The summed E-state index contributed by atoms with van der Waals surface area (Å²) >= 11 is 0. The molecule has 0 bridgehead atoms. The fourth-order valence-corrected chi connectivity index (χ4v) is 1.56. The van der Waals surface area contributed by atoms with E-state index < -0.39 is 30.3 Å². The van der Waals surface area contributed by atoms with Crippen molar-refractivity contribution in [2.75, 3.05) is 7.11 Å². The van der Waals surface area contributed by atoms with E-state index in [1.54, 1.807) is 0 Å². The van der Waals surface area contributed by atoms with Crippen molar-refractivity contribution >= 4 is 5.97 Å². The number of carbonyl (C=O) groups excluding carboxylic acids is 1. The molecular weight excluding hydrogens is 201 g/mol. The van der Waals surface area contributed by atoms with Crippen LogP contribution in [0.3, 0.4) is 0 Å². The Morgan fingerprint density at radius 2 is 2.07 bits per heavy atom. The first kappa shape index (κ1) is 11.3. The van der Waals surface area contributed by atoms with Crippen molar-refractivity contribution in [3.63, 3.8) is 0 Å². The van der Waals surface area contributed by atoms with Crippen LogP contribution in [0.2, 0.25) is 0 Å². The third-order valence-electron chi connectivity index (χ3n) is 2.16. The van der Waals surface area contributed by atoms with Gasteiger partial charge in [-0.2, -0.15) is 13.2 Å². The van der Waals surface area contributed by atoms with Crippen molar-refractivity contribution in [1.29, 1.82) is 0 Å². The van der Waals surface area contributed by atoms with Gasteiger partial charge in [0.05, 0.1) is 19.1 Å². The van der Waals surface area contributed by atoms with Crippen LogP contribution in [0.5, 0.6) is 0 Å². The fourth-order valence-electron chi connectivity index (χ4n) is 1.56. The molecule has 1 aliphatic heterocycles. The zero-order valence-corrected chi connectivity index (χ0v) is 7.80. The Kier molecular flexibility index (Phi) is 3.04. The maximum Gasteiger partial charge on any atom is 0.415 e. The molecule has 0 unspecified atom stereocenters. The molecule has 3 atom stereocenters. The summed E-state index contributed by atoms with van der Waals surface area (Å²) in [6, 6.07) is 0. The molecule has 1 fully saturated rings. The van der Waals surface area contributed by atoms with E-state index in [0.29, 0.717) is 0 Å². The van der Waals surface area contributed by atoms with Crippen molar-refractivity contribution in [3.05, 3.63) is 0 Å². The first-order valence-electron chi connectivity index (χ1n) is 4.16. The van der Waals surface area contributed by atoms with Gasteiger partial charge in [-0.05, 0) is 13.3 Å². The van der Waals surface area contributed by atoms with E-state index >= 15 is 0 Å². The minimum atomic E-state index is -4.51. The second-order valence-corrected chi connectivity index (χ2v) is 3.27. The number of halogens is 3. The molecule has 0 N–H and O–H groups in total. The van der Waals surface area contributed by atoms with Gasteiger partial charge in [0.15, 0.2) is 6.10 Å². The number of hydrogen-bond donors (Lipinski definition) is 0. The molecule has 0 aromatic heterocycles. The molecule has 82 valence electrons. The van der Waals surface area contributed by atoms with Crippen LogP contribution in [-0.4, -0.2) is 31.5 Å². The van der Waals surface area contributed by atoms with Crippen LogP contribution in [-0.2, 0) is 14.3 Å². The van der Waals surface area contributed by atoms with E-state index in [0.717, 1.165) is 7.11 Å². The average Bonchev–Trinajstić information content (AvgIpc) is 2.45. The molecule has 0 aliphatic carbocycles. The van der Waals surface area contributed by atoms with Gasteiger partial charge in [0.25, 0.3) is 0 Å². The van der Waals surface area contributed by atoms with Gasteiger partial charge in [0.2, 0.25) is 0 Å². The molecule has 0 aromatic carbocycles. The zero-order valence-electron chi connectivity index (χ0n) is 7.80. The summed E-state index contributed by atoms with van der Waals surface area (Å²) in [6.45, 7) is 1.50. The largest absolute Gasteiger partial charge is 0.469 e. The summed E-state index contributed by atoms with van der Waals surface area (Å²) in [5.41, 5.74) is 0.